The number of aliphatic hydroxyl groups excluding tert-OH is 8. The molecule has 0 amide bonds. The molecule has 0 aliphatic carbocycles. The molecular weight excluding hydrogens is 330 g/mol. The van der Waals surface area contributed by atoms with Crippen LogP contribution in [0.25, 0.3) is 0 Å². The zero-order valence-electron chi connectivity index (χ0n) is 13.2. The van der Waals surface area contributed by atoms with Crippen molar-refractivity contribution in [3.8, 4) is 0 Å². The molecule has 1 aliphatic heterocycles. The average molecular weight is 357 g/mol. The molecule has 9 atom stereocenters. The number of likely N-dealkylation sites (N-methyl/N-ethyl adjacent to an activating group) is 1. The first-order valence-electron chi connectivity index (χ1n) is 7.56. The Labute approximate surface area is 138 Å². The highest BCUT2D eigenvalue weighted by Crippen LogP contribution is 2.24. The van der Waals surface area contributed by atoms with Crippen LogP contribution in [-0.4, -0.2) is 116 Å². The second-order valence-corrected chi connectivity index (χ2v) is 5.60. The summed E-state index contributed by atoms with van der Waals surface area (Å²) in [5, 5.41) is 79.4. The van der Waals surface area contributed by atoms with Crippen molar-refractivity contribution in [2.24, 2.45) is 0 Å². The van der Waals surface area contributed by atoms with Gasteiger partial charge in [-0.3, -0.25) is 5.32 Å². The second kappa shape index (κ2) is 9.89. The minimum Gasteiger partial charge on any atom is -0.396 e. The highest BCUT2D eigenvalue weighted by Gasteiger charge is 2.46. The summed E-state index contributed by atoms with van der Waals surface area (Å²) >= 11 is 0. The smallest absolute Gasteiger partial charge is 0.184 e. The molecule has 1 rings (SSSR count). The van der Waals surface area contributed by atoms with Gasteiger partial charge in [-0.1, -0.05) is 0 Å². The Morgan fingerprint density at radius 1 is 1.04 bits per heavy atom. The molecule has 1 saturated heterocycles. The molecule has 0 saturated carbocycles. The number of ether oxygens (including phenoxy) is 2. The molecule has 0 aromatic carbocycles. The minimum atomic E-state index is -2.05. The van der Waals surface area contributed by atoms with Crippen molar-refractivity contribution in [3.63, 3.8) is 0 Å². The molecule has 144 valence electrons. The Hall–Kier alpha value is -0.440. The SMILES string of the molecule is CNC1OC(CO)C(OC(O)C(O)C(O)C(O)CCO)C(O)C1O. The van der Waals surface area contributed by atoms with Gasteiger partial charge in [-0.2, -0.15) is 0 Å². The third kappa shape index (κ3) is 5.03. The van der Waals surface area contributed by atoms with Crippen molar-refractivity contribution >= 4 is 0 Å². The Bertz CT molecular complexity index is 360. The zero-order chi connectivity index (χ0) is 18.4. The lowest BCUT2D eigenvalue weighted by Crippen LogP contribution is -2.64. The van der Waals surface area contributed by atoms with Crippen LogP contribution in [0.1, 0.15) is 6.42 Å². The fraction of sp³-hybridized carbons (Fsp3) is 1.00. The van der Waals surface area contributed by atoms with Crippen molar-refractivity contribution in [1.82, 2.24) is 5.32 Å². The number of hydrogen-bond acceptors (Lipinski definition) is 11. The van der Waals surface area contributed by atoms with Gasteiger partial charge >= 0.3 is 0 Å². The summed E-state index contributed by atoms with van der Waals surface area (Å²) in [4.78, 5) is 0. The predicted molar refractivity (Wildman–Crippen MR) is 77.4 cm³/mol. The Kier molecular flexibility index (Phi) is 8.90. The number of aliphatic hydroxyl groups is 8. The highest BCUT2D eigenvalue weighted by atomic mass is 16.7. The van der Waals surface area contributed by atoms with Crippen molar-refractivity contribution in [1.29, 1.82) is 0 Å². The van der Waals surface area contributed by atoms with E-state index in [1.165, 1.54) is 7.05 Å². The van der Waals surface area contributed by atoms with Gasteiger partial charge in [-0.05, 0) is 13.5 Å². The average Bonchev–Trinajstić information content (AvgIpc) is 2.57. The first kappa shape index (κ1) is 21.6. The molecule has 0 aromatic rings. The maximum Gasteiger partial charge on any atom is 0.184 e. The van der Waals surface area contributed by atoms with Gasteiger partial charge < -0.3 is 50.3 Å². The lowest BCUT2D eigenvalue weighted by Gasteiger charge is -2.43. The second-order valence-electron chi connectivity index (χ2n) is 5.60. The summed E-state index contributed by atoms with van der Waals surface area (Å²) in [5.41, 5.74) is 0. The van der Waals surface area contributed by atoms with Crippen LogP contribution in [0.3, 0.4) is 0 Å². The molecule has 1 aliphatic rings. The Morgan fingerprint density at radius 2 is 1.67 bits per heavy atom. The van der Waals surface area contributed by atoms with Gasteiger partial charge in [0, 0.05) is 6.61 Å². The van der Waals surface area contributed by atoms with Crippen LogP contribution in [-0.2, 0) is 9.47 Å². The molecule has 9 N–H and O–H groups in total. The van der Waals surface area contributed by atoms with Crippen LogP contribution in [0.15, 0.2) is 0 Å². The van der Waals surface area contributed by atoms with E-state index in [1.54, 1.807) is 0 Å². The Balaban J connectivity index is 2.74. The molecule has 11 heteroatoms. The van der Waals surface area contributed by atoms with Crippen molar-refractivity contribution < 1.29 is 50.3 Å². The molecule has 1 fully saturated rings. The third-order valence-corrected chi connectivity index (χ3v) is 3.91. The zero-order valence-corrected chi connectivity index (χ0v) is 13.2. The van der Waals surface area contributed by atoms with Crippen LogP contribution < -0.4 is 5.32 Å². The maximum atomic E-state index is 10.1. The van der Waals surface area contributed by atoms with E-state index in [9.17, 15) is 35.7 Å². The summed E-state index contributed by atoms with van der Waals surface area (Å²) in [6, 6.07) is 0. The van der Waals surface area contributed by atoms with Crippen molar-refractivity contribution in [2.45, 2.75) is 61.7 Å². The summed E-state index contributed by atoms with van der Waals surface area (Å²) in [6.07, 6.45) is -14.1. The van der Waals surface area contributed by atoms with E-state index in [0.29, 0.717) is 0 Å². The van der Waals surface area contributed by atoms with Gasteiger partial charge in [-0.25, -0.2) is 0 Å². The molecule has 0 radical (unpaired) electrons. The van der Waals surface area contributed by atoms with E-state index < -0.39 is 68.5 Å². The summed E-state index contributed by atoms with van der Waals surface area (Å²) in [5.74, 6) is 0. The minimum absolute atomic E-state index is 0.234. The summed E-state index contributed by atoms with van der Waals surface area (Å²) in [6.45, 7) is -1.05. The van der Waals surface area contributed by atoms with Crippen LogP contribution in [0.2, 0.25) is 0 Å². The fourth-order valence-electron chi connectivity index (χ4n) is 2.43. The van der Waals surface area contributed by atoms with Crippen molar-refractivity contribution in [2.75, 3.05) is 20.3 Å². The highest BCUT2D eigenvalue weighted by molar-refractivity contribution is 4.92. The molecule has 24 heavy (non-hydrogen) atoms. The topological polar surface area (TPSA) is 192 Å². The molecule has 11 nitrogen and oxygen atoms in total. The summed E-state index contributed by atoms with van der Waals surface area (Å²) < 4.78 is 10.3. The van der Waals surface area contributed by atoms with Gasteiger partial charge in [0.25, 0.3) is 0 Å². The molecule has 0 aromatic heterocycles. The van der Waals surface area contributed by atoms with Crippen molar-refractivity contribution in [3.05, 3.63) is 0 Å². The molecule has 1 heterocycles. The number of hydrogen-bond donors (Lipinski definition) is 9. The van der Waals surface area contributed by atoms with Gasteiger partial charge in [0.2, 0.25) is 0 Å². The number of nitrogens with one attached hydrogen (secondary N) is 1. The molecular formula is C13H27NO10. The predicted octanol–water partition coefficient (Wildman–Crippen LogP) is -5.19. The summed E-state index contributed by atoms with van der Waals surface area (Å²) in [7, 11) is 1.47. The lowest BCUT2D eigenvalue weighted by atomic mass is 9.97. The normalized spacial score (nSPS) is 36.1. The largest absolute Gasteiger partial charge is 0.396 e. The quantitative estimate of drug-likeness (QED) is 0.179. The first-order valence-corrected chi connectivity index (χ1v) is 7.56. The lowest BCUT2D eigenvalue weighted by molar-refractivity contribution is -0.298. The van der Waals surface area contributed by atoms with E-state index in [2.05, 4.69) is 5.32 Å². The van der Waals surface area contributed by atoms with E-state index in [-0.39, 0.29) is 6.42 Å². The molecule has 0 spiro atoms. The first-order chi connectivity index (χ1) is 11.3. The van der Waals surface area contributed by atoms with Crippen LogP contribution in [0.4, 0.5) is 0 Å². The number of rotatable bonds is 9. The van der Waals surface area contributed by atoms with Crippen LogP contribution >= 0.6 is 0 Å². The monoisotopic (exact) mass is 357 g/mol. The third-order valence-electron chi connectivity index (χ3n) is 3.91. The van der Waals surface area contributed by atoms with Gasteiger partial charge in [-0.15, -0.1) is 0 Å². The molecule has 9 unspecified atom stereocenters. The van der Waals surface area contributed by atoms with Gasteiger partial charge in [0.05, 0.1) is 12.7 Å². The standard InChI is InChI=1S/C13H27NO10/c1-14-12-9(20)8(19)11(6(4-16)23-12)24-13(22)10(21)7(18)5(17)2-3-15/h5-22H,2-4H2,1H3. The Morgan fingerprint density at radius 3 is 2.17 bits per heavy atom. The van der Waals surface area contributed by atoms with E-state index >= 15 is 0 Å². The van der Waals surface area contributed by atoms with E-state index in [1.807, 2.05) is 0 Å². The van der Waals surface area contributed by atoms with Crippen LogP contribution in [0.5, 0.6) is 0 Å². The van der Waals surface area contributed by atoms with Crippen LogP contribution in [0, 0.1) is 0 Å². The van der Waals surface area contributed by atoms with Gasteiger partial charge in [0.1, 0.15) is 42.9 Å². The van der Waals surface area contributed by atoms with Gasteiger partial charge in [0.15, 0.2) is 6.29 Å². The van der Waals surface area contributed by atoms with E-state index in [0.717, 1.165) is 0 Å². The fourth-order valence-corrected chi connectivity index (χ4v) is 2.43. The van der Waals surface area contributed by atoms with E-state index in [4.69, 9.17) is 14.6 Å². The molecule has 0 bridgehead atoms. The maximum absolute atomic E-state index is 10.1.